The van der Waals surface area contributed by atoms with Crippen LogP contribution in [0, 0.1) is 13.8 Å². The number of nitrogens with one attached hydrogen (secondary N) is 1. The summed E-state index contributed by atoms with van der Waals surface area (Å²) in [6, 6.07) is 16.3. The van der Waals surface area contributed by atoms with Crippen molar-refractivity contribution in [2.24, 2.45) is 0 Å². The van der Waals surface area contributed by atoms with E-state index in [1.807, 2.05) is 44.2 Å². The molecule has 146 valence electrons. The zero-order chi connectivity index (χ0) is 19.9. The van der Waals surface area contributed by atoms with Gasteiger partial charge in [0, 0.05) is 18.7 Å². The average Bonchev–Trinajstić information content (AvgIpc) is 3.05. The lowest BCUT2D eigenvalue weighted by Gasteiger charge is -2.10. The molecule has 1 heterocycles. The maximum atomic E-state index is 12.4. The number of thioether (sulfide) groups is 1. The summed E-state index contributed by atoms with van der Waals surface area (Å²) in [5.41, 5.74) is 4.31. The van der Waals surface area contributed by atoms with Gasteiger partial charge in [-0.2, -0.15) is 0 Å². The number of carbonyl (C=O) groups excluding carboxylic acids is 1. The van der Waals surface area contributed by atoms with Crippen molar-refractivity contribution >= 4 is 23.4 Å². The first-order valence-electron chi connectivity index (χ1n) is 9.52. The molecule has 0 aliphatic heterocycles. The summed E-state index contributed by atoms with van der Waals surface area (Å²) in [5.74, 6) is 1.21. The molecule has 0 unspecified atom stereocenters. The molecule has 2 aromatic carbocycles. The van der Waals surface area contributed by atoms with Crippen molar-refractivity contribution in [1.29, 1.82) is 0 Å². The summed E-state index contributed by atoms with van der Waals surface area (Å²) < 4.78 is 2.13. The average molecular weight is 395 g/mol. The van der Waals surface area contributed by atoms with Crippen molar-refractivity contribution in [1.82, 2.24) is 14.8 Å². The first-order chi connectivity index (χ1) is 13.6. The zero-order valence-corrected chi connectivity index (χ0v) is 17.4. The van der Waals surface area contributed by atoms with Crippen LogP contribution in [0.25, 0.3) is 0 Å². The predicted molar refractivity (Wildman–Crippen MR) is 115 cm³/mol. The van der Waals surface area contributed by atoms with Crippen LogP contribution >= 0.6 is 11.8 Å². The van der Waals surface area contributed by atoms with E-state index < -0.39 is 0 Å². The molecule has 5 nitrogen and oxygen atoms in total. The van der Waals surface area contributed by atoms with E-state index in [1.54, 1.807) is 0 Å². The Morgan fingerprint density at radius 2 is 1.89 bits per heavy atom. The van der Waals surface area contributed by atoms with Crippen LogP contribution < -0.4 is 5.32 Å². The quantitative estimate of drug-likeness (QED) is 0.566. The summed E-state index contributed by atoms with van der Waals surface area (Å²) in [7, 11) is 0. The monoisotopic (exact) mass is 394 g/mol. The van der Waals surface area contributed by atoms with Gasteiger partial charge >= 0.3 is 0 Å². The maximum Gasteiger partial charge on any atom is 0.234 e. The predicted octanol–water partition coefficient (Wildman–Crippen LogP) is 4.63. The molecule has 0 atom stereocenters. The smallest absolute Gasteiger partial charge is 0.234 e. The lowest BCUT2D eigenvalue weighted by Crippen LogP contribution is -2.15. The van der Waals surface area contributed by atoms with Crippen molar-refractivity contribution in [3.05, 3.63) is 71.0 Å². The normalized spacial score (nSPS) is 10.8. The summed E-state index contributed by atoms with van der Waals surface area (Å²) in [4.78, 5) is 12.4. The Labute approximate surface area is 170 Å². The summed E-state index contributed by atoms with van der Waals surface area (Å²) >= 11 is 1.43. The number of amides is 1. The highest BCUT2D eigenvalue weighted by Crippen LogP contribution is 2.21. The van der Waals surface area contributed by atoms with E-state index in [9.17, 15) is 4.79 Å². The summed E-state index contributed by atoms with van der Waals surface area (Å²) in [5, 5.41) is 12.5. The van der Waals surface area contributed by atoms with Gasteiger partial charge < -0.3 is 9.88 Å². The third-order valence-electron chi connectivity index (χ3n) is 4.43. The van der Waals surface area contributed by atoms with Gasteiger partial charge in [0.25, 0.3) is 0 Å². The van der Waals surface area contributed by atoms with Crippen LogP contribution in [0.15, 0.2) is 53.7 Å². The highest BCUT2D eigenvalue weighted by atomic mass is 32.2. The van der Waals surface area contributed by atoms with Crippen LogP contribution in [0.2, 0.25) is 0 Å². The van der Waals surface area contributed by atoms with Crippen molar-refractivity contribution in [2.45, 2.75) is 45.3 Å². The third-order valence-corrected chi connectivity index (χ3v) is 5.40. The fourth-order valence-electron chi connectivity index (χ4n) is 3.05. The molecule has 0 radical (unpaired) electrons. The van der Waals surface area contributed by atoms with Gasteiger partial charge in [0.1, 0.15) is 5.82 Å². The fourth-order valence-corrected chi connectivity index (χ4v) is 3.84. The lowest BCUT2D eigenvalue weighted by atomic mass is 10.1. The number of aromatic nitrogens is 3. The van der Waals surface area contributed by atoms with Gasteiger partial charge in [0.2, 0.25) is 5.91 Å². The zero-order valence-electron chi connectivity index (χ0n) is 16.6. The Bertz CT molecular complexity index is 937. The van der Waals surface area contributed by atoms with Gasteiger partial charge in [-0.25, -0.2) is 0 Å². The van der Waals surface area contributed by atoms with Crippen molar-refractivity contribution in [3.63, 3.8) is 0 Å². The molecule has 0 fully saturated rings. The Morgan fingerprint density at radius 1 is 1.11 bits per heavy atom. The van der Waals surface area contributed by atoms with Crippen LogP contribution in [0.4, 0.5) is 5.69 Å². The van der Waals surface area contributed by atoms with Gasteiger partial charge in [-0.05, 0) is 37.5 Å². The van der Waals surface area contributed by atoms with Crippen LogP contribution in [0.1, 0.15) is 35.9 Å². The van der Waals surface area contributed by atoms with E-state index in [2.05, 4.69) is 45.2 Å². The molecular weight excluding hydrogens is 368 g/mol. The molecule has 3 aromatic rings. The molecule has 1 N–H and O–H groups in total. The molecule has 1 aromatic heterocycles. The summed E-state index contributed by atoms with van der Waals surface area (Å²) in [6.07, 6.45) is 1.73. The van der Waals surface area contributed by atoms with Gasteiger partial charge in [-0.1, -0.05) is 66.7 Å². The van der Waals surface area contributed by atoms with E-state index in [0.29, 0.717) is 5.75 Å². The molecule has 6 heteroatoms. The largest absolute Gasteiger partial charge is 0.325 e. The van der Waals surface area contributed by atoms with E-state index in [4.69, 9.17) is 0 Å². The minimum absolute atomic E-state index is 0.0346. The fraction of sp³-hybridized carbons (Fsp3) is 0.318. The molecule has 0 saturated heterocycles. The minimum Gasteiger partial charge on any atom is -0.325 e. The maximum absolute atomic E-state index is 12.4. The van der Waals surface area contributed by atoms with E-state index in [-0.39, 0.29) is 5.91 Å². The Morgan fingerprint density at radius 3 is 2.61 bits per heavy atom. The highest BCUT2D eigenvalue weighted by Gasteiger charge is 2.14. The third kappa shape index (κ3) is 5.23. The van der Waals surface area contributed by atoms with Crippen LogP contribution in [-0.2, 0) is 17.8 Å². The van der Waals surface area contributed by atoms with Gasteiger partial charge in [0.05, 0.1) is 5.75 Å². The van der Waals surface area contributed by atoms with Crippen molar-refractivity contribution < 1.29 is 4.79 Å². The van der Waals surface area contributed by atoms with E-state index in [1.165, 1.54) is 22.9 Å². The van der Waals surface area contributed by atoms with Gasteiger partial charge in [-0.3, -0.25) is 4.79 Å². The topological polar surface area (TPSA) is 59.8 Å². The number of nitrogens with zero attached hydrogens (tertiary/aromatic N) is 3. The number of carbonyl (C=O) groups is 1. The number of anilines is 1. The number of hydrogen-bond acceptors (Lipinski definition) is 4. The standard InChI is InChI=1S/C22H26N4OS/c1-4-12-26-20(14-18-8-6-5-7-9-18)24-25-22(26)28-15-21(27)23-19-11-10-16(2)13-17(19)3/h5-11,13H,4,12,14-15H2,1-3H3,(H,23,27). The second-order valence-electron chi connectivity index (χ2n) is 6.87. The summed E-state index contributed by atoms with van der Waals surface area (Å²) in [6.45, 7) is 7.02. The number of benzene rings is 2. The Kier molecular flexibility index (Phi) is 6.87. The van der Waals surface area contributed by atoms with Gasteiger partial charge in [-0.15, -0.1) is 10.2 Å². The number of rotatable bonds is 8. The molecule has 1 amide bonds. The molecule has 0 aliphatic rings. The SMILES string of the molecule is CCCn1c(Cc2ccccc2)nnc1SCC(=O)Nc1ccc(C)cc1C. The number of hydrogen-bond donors (Lipinski definition) is 1. The molecule has 28 heavy (non-hydrogen) atoms. The first kappa shape index (κ1) is 20.1. The van der Waals surface area contributed by atoms with Crippen LogP contribution in [0.5, 0.6) is 0 Å². The molecule has 0 spiro atoms. The lowest BCUT2D eigenvalue weighted by molar-refractivity contribution is -0.113. The minimum atomic E-state index is -0.0346. The molecule has 0 saturated carbocycles. The number of aryl methyl sites for hydroxylation is 2. The van der Waals surface area contributed by atoms with Crippen LogP contribution in [-0.4, -0.2) is 26.4 Å². The van der Waals surface area contributed by atoms with E-state index in [0.717, 1.165) is 41.6 Å². The van der Waals surface area contributed by atoms with Crippen LogP contribution in [0.3, 0.4) is 0 Å². The first-order valence-corrected chi connectivity index (χ1v) is 10.5. The molecule has 3 rings (SSSR count). The molecule has 0 bridgehead atoms. The van der Waals surface area contributed by atoms with Gasteiger partial charge in [0.15, 0.2) is 5.16 Å². The Hall–Kier alpha value is -2.60. The molecule has 0 aliphatic carbocycles. The highest BCUT2D eigenvalue weighted by molar-refractivity contribution is 7.99. The molecular formula is C22H26N4OS. The van der Waals surface area contributed by atoms with Crippen molar-refractivity contribution in [2.75, 3.05) is 11.1 Å². The van der Waals surface area contributed by atoms with E-state index >= 15 is 0 Å². The Balaban J connectivity index is 1.65. The second-order valence-corrected chi connectivity index (χ2v) is 7.81. The second kappa shape index (κ2) is 9.55. The van der Waals surface area contributed by atoms with Crippen molar-refractivity contribution in [3.8, 4) is 0 Å².